The van der Waals surface area contributed by atoms with E-state index in [1.54, 1.807) is 0 Å². The smallest absolute Gasteiger partial charge is 0.380 e. The molecule has 0 saturated carbocycles. The van der Waals surface area contributed by atoms with Gasteiger partial charge >= 0.3 is 41.6 Å². The van der Waals surface area contributed by atoms with E-state index in [4.69, 9.17) is 33.2 Å². The zero-order valence-corrected chi connectivity index (χ0v) is 23.8. The number of ether oxygens (including phenoxy) is 7. The number of carbonyl (C=O) groups excluding carboxylic acids is 8. The highest BCUT2D eigenvalue weighted by atomic mass is 16.8. The van der Waals surface area contributed by atoms with Crippen LogP contribution in [0.4, 0.5) is 0 Å². The first-order valence-electron chi connectivity index (χ1n) is 12.4. The van der Waals surface area contributed by atoms with Crippen molar-refractivity contribution >= 4 is 47.5 Å². The van der Waals surface area contributed by atoms with Gasteiger partial charge in [0.1, 0.15) is 24.6 Å². The second-order valence-corrected chi connectivity index (χ2v) is 9.12. The van der Waals surface area contributed by atoms with Gasteiger partial charge in [-0.1, -0.05) is 0 Å². The minimum absolute atomic E-state index is 0.194. The molecule has 1 rings (SSSR count). The van der Waals surface area contributed by atoms with E-state index in [-0.39, 0.29) is 12.2 Å². The summed E-state index contributed by atoms with van der Waals surface area (Å²) >= 11 is 0. The fourth-order valence-corrected chi connectivity index (χ4v) is 3.98. The Morgan fingerprint density at radius 2 is 1.41 bits per heavy atom. The van der Waals surface area contributed by atoms with Gasteiger partial charge < -0.3 is 38.5 Å². The van der Waals surface area contributed by atoms with E-state index >= 15 is 0 Å². The van der Waals surface area contributed by atoms with Crippen LogP contribution in [0.25, 0.3) is 0 Å². The van der Waals surface area contributed by atoms with Crippen LogP contribution in [-0.2, 0) is 71.5 Å². The van der Waals surface area contributed by atoms with Crippen molar-refractivity contribution in [1.82, 2.24) is 5.32 Å². The molecule has 0 aromatic heterocycles. The molecule has 230 valence electrons. The third-order valence-corrected chi connectivity index (χ3v) is 5.31. The van der Waals surface area contributed by atoms with Crippen LogP contribution in [0.1, 0.15) is 61.3 Å². The first-order chi connectivity index (χ1) is 19.0. The molecule has 16 heteroatoms. The fourth-order valence-electron chi connectivity index (χ4n) is 3.98. The predicted octanol–water partition coefficient (Wildman–Crippen LogP) is -0.580. The van der Waals surface area contributed by atoms with Gasteiger partial charge in [-0.25, -0.2) is 4.79 Å². The lowest BCUT2D eigenvalue weighted by Crippen LogP contribution is -2.69. The molecule has 0 bridgehead atoms. The van der Waals surface area contributed by atoms with Crippen molar-refractivity contribution in [3.63, 3.8) is 0 Å². The number of rotatable bonds is 13. The Balaban J connectivity index is 3.84. The summed E-state index contributed by atoms with van der Waals surface area (Å²) in [6.45, 7) is 6.26. The van der Waals surface area contributed by atoms with Crippen molar-refractivity contribution in [3.8, 4) is 0 Å². The summed E-state index contributed by atoms with van der Waals surface area (Å²) in [5.41, 5.74) is 0. The Morgan fingerprint density at radius 1 is 0.805 bits per heavy atom. The standard InChI is InChI=1S/C25H35NO15/c1-12(27)8-9-35-24(34)25(40-18(7)33)10-19(37-15(4)30)21(26-13(2)28)23(41-25)22(39-17(6)32)20(38-16(5)31)11-36-14(3)29/h19-23H,8-11H2,1-7H3,(H,26,28)/t19-,20+,21+,22+,23+,25-/m0/s1. The van der Waals surface area contributed by atoms with Crippen molar-refractivity contribution in [3.05, 3.63) is 0 Å². The zero-order valence-electron chi connectivity index (χ0n) is 23.8. The molecule has 1 amide bonds. The summed E-state index contributed by atoms with van der Waals surface area (Å²) in [5, 5.41) is 2.48. The van der Waals surface area contributed by atoms with Crippen LogP contribution in [0, 0.1) is 0 Å². The quantitative estimate of drug-likeness (QED) is 0.210. The van der Waals surface area contributed by atoms with Gasteiger partial charge in [-0.2, -0.15) is 0 Å². The number of esters is 6. The molecule has 1 saturated heterocycles. The summed E-state index contributed by atoms with van der Waals surface area (Å²) in [5.74, 6) is -9.58. The van der Waals surface area contributed by atoms with Gasteiger partial charge in [0.2, 0.25) is 5.91 Å². The van der Waals surface area contributed by atoms with Crippen LogP contribution in [0.5, 0.6) is 0 Å². The van der Waals surface area contributed by atoms with E-state index in [0.717, 1.165) is 41.5 Å². The summed E-state index contributed by atoms with van der Waals surface area (Å²) < 4.78 is 37.3. The Hall–Kier alpha value is -4.08. The molecular formula is C25H35NO15. The molecule has 0 spiro atoms. The molecular weight excluding hydrogens is 554 g/mol. The summed E-state index contributed by atoms with van der Waals surface area (Å²) in [6, 6.07) is -1.41. The minimum atomic E-state index is -2.66. The number of ketones is 1. The monoisotopic (exact) mass is 589 g/mol. The van der Waals surface area contributed by atoms with E-state index in [9.17, 15) is 38.4 Å². The number of amides is 1. The Kier molecular flexibility index (Phi) is 13.3. The van der Waals surface area contributed by atoms with Crippen LogP contribution in [-0.4, -0.2) is 97.0 Å². The first-order valence-corrected chi connectivity index (χ1v) is 12.4. The molecule has 0 radical (unpaired) electrons. The predicted molar refractivity (Wildman–Crippen MR) is 131 cm³/mol. The van der Waals surface area contributed by atoms with Crippen LogP contribution in [0.15, 0.2) is 0 Å². The van der Waals surface area contributed by atoms with Crippen molar-refractivity contribution in [2.75, 3.05) is 13.2 Å². The Morgan fingerprint density at radius 3 is 1.88 bits per heavy atom. The number of hydrogen-bond acceptors (Lipinski definition) is 15. The molecule has 41 heavy (non-hydrogen) atoms. The number of Topliss-reactive ketones (excluding diaryl/α,β-unsaturated/α-hetero) is 1. The Labute approximate surface area is 235 Å². The molecule has 1 aliphatic heterocycles. The topological polar surface area (TPSA) is 213 Å². The maximum absolute atomic E-state index is 13.3. The third-order valence-electron chi connectivity index (χ3n) is 5.31. The Bertz CT molecular complexity index is 1040. The highest BCUT2D eigenvalue weighted by Crippen LogP contribution is 2.37. The molecule has 0 aromatic carbocycles. The average molecular weight is 590 g/mol. The van der Waals surface area contributed by atoms with Gasteiger partial charge in [-0.3, -0.25) is 33.6 Å². The zero-order chi connectivity index (χ0) is 31.5. The van der Waals surface area contributed by atoms with Crippen molar-refractivity contribution in [2.24, 2.45) is 0 Å². The van der Waals surface area contributed by atoms with Crippen molar-refractivity contribution < 1.29 is 71.5 Å². The molecule has 1 aliphatic rings. The molecule has 1 heterocycles. The van der Waals surface area contributed by atoms with E-state index in [0.29, 0.717) is 0 Å². The summed E-state index contributed by atoms with van der Waals surface area (Å²) in [6.07, 6.45) is -7.51. The third kappa shape index (κ3) is 11.5. The molecule has 1 fully saturated rings. The van der Waals surface area contributed by atoms with Gasteiger partial charge in [0.05, 0.1) is 19.1 Å². The molecule has 0 aliphatic carbocycles. The lowest BCUT2D eigenvalue weighted by molar-refractivity contribution is -0.305. The summed E-state index contributed by atoms with van der Waals surface area (Å²) in [4.78, 5) is 96.8. The van der Waals surface area contributed by atoms with Crippen molar-refractivity contribution in [2.45, 2.75) is 97.6 Å². The molecule has 1 N–H and O–H groups in total. The number of hydrogen-bond donors (Lipinski definition) is 1. The number of carbonyl (C=O) groups is 8. The lowest BCUT2D eigenvalue weighted by Gasteiger charge is -2.48. The SMILES string of the molecule is CC(=O)CCOC(=O)[C@]1(OC(C)=O)C[C@H](OC(C)=O)[C@@H](NC(C)=O)[C@H]([C@H](OC(C)=O)[C@@H](COC(C)=O)OC(C)=O)O1. The highest BCUT2D eigenvalue weighted by molar-refractivity contribution is 5.83. The van der Waals surface area contributed by atoms with E-state index in [1.807, 2.05) is 0 Å². The second kappa shape index (κ2) is 15.6. The lowest BCUT2D eigenvalue weighted by atomic mass is 9.88. The van der Waals surface area contributed by atoms with Gasteiger partial charge in [0, 0.05) is 48.0 Å². The molecule has 0 unspecified atom stereocenters. The average Bonchev–Trinajstić information content (AvgIpc) is 2.80. The maximum Gasteiger partial charge on any atom is 0.380 e. The van der Waals surface area contributed by atoms with Gasteiger partial charge in [0.15, 0.2) is 12.2 Å². The van der Waals surface area contributed by atoms with Gasteiger partial charge in [0.25, 0.3) is 0 Å². The molecule has 0 aromatic rings. The van der Waals surface area contributed by atoms with Crippen LogP contribution >= 0.6 is 0 Å². The van der Waals surface area contributed by atoms with Gasteiger partial charge in [-0.15, -0.1) is 0 Å². The van der Waals surface area contributed by atoms with E-state index < -0.39 is 97.6 Å². The fraction of sp³-hybridized carbons (Fsp3) is 0.680. The van der Waals surface area contributed by atoms with Gasteiger partial charge in [-0.05, 0) is 6.92 Å². The second-order valence-electron chi connectivity index (χ2n) is 9.12. The first kappa shape index (κ1) is 34.9. The van der Waals surface area contributed by atoms with Crippen LogP contribution < -0.4 is 5.32 Å². The normalized spacial score (nSPS) is 23.0. The molecule has 6 atom stereocenters. The maximum atomic E-state index is 13.3. The van der Waals surface area contributed by atoms with Crippen molar-refractivity contribution in [1.29, 1.82) is 0 Å². The van der Waals surface area contributed by atoms with E-state index in [2.05, 4.69) is 5.32 Å². The number of nitrogens with one attached hydrogen (secondary N) is 1. The molecule has 16 nitrogen and oxygen atoms in total. The van der Waals surface area contributed by atoms with Crippen LogP contribution in [0.3, 0.4) is 0 Å². The van der Waals surface area contributed by atoms with E-state index in [1.165, 1.54) is 6.92 Å². The highest BCUT2D eigenvalue weighted by Gasteiger charge is 2.60. The minimum Gasteiger partial charge on any atom is -0.462 e. The largest absolute Gasteiger partial charge is 0.462 e. The van der Waals surface area contributed by atoms with Crippen LogP contribution in [0.2, 0.25) is 0 Å². The summed E-state index contributed by atoms with van der Waals surface area (Å²) in [7, 11) is 0.